The van der Waals surface area contributed by atoms with Gasteiger partial charge in [-0.15, -0.1) is 0 Å². The summed E-state index contributed by atoms with van der Waals surface area (Å²) in [5.74, 6) is -0.366. The molecule has 1 aliphatic rings. The van der Waals surface area contributed by atoms with Crippen molar-refractivity contribution in [2.45, 2.75) is 44.6 Å². The SMILES string of the molecule is NC(=O)c1cccc(NC2CCCCCC2)c1. The van der Waals surface area contributed by atoms with Gasteiger partial charge in [0, 0.05) is 17.3 Å². The Bertz CT molecular complexity index is 382. The minimum absolute atomic E-state index is 0.366. The van der Waals surface area contributed by atoms with E-state index in [1.54, 1.807) is 6.07 Å². The molecule has 0 aliphatic heterocycles. The molecule has 0 radical (unpaired) electrons. The van der Waals surface area contributed by atoms with Gasteiger partial charge in [0.2, 0.25) is 5.91 Å². The second-order valence-corrected chi connectivity index (χ2v) is 4.78. The number of hydrogen-bond donors (Lipinski definition) is 2. The molecule has 1 aliphatic carbocycles. The fraction of sp³-hybridized carbons (Fsp3) is 0.500. The van der Waals surface area contributed by atoms with E-state index in [4.69, 9.17) is 5.73 Å². The molecule has 1 saturated carbocycles. The van der Waals surface area contributed by atoms with E-state index in [1.807, 2.05) is 18.2 Å². The first-order valence-electron chi connectivity index (χ1n) is 6.42. The summed E-state index contributed by atoms with van der Waals surface area (Å²) >= 11 is 0. The summed E-state index contributed by atoms with van der Waals surface area (Å²) in [6.45, 7) is 0. The molecule has 0 saturated heterocycles. The molecule has 0 atom stereocenters. The van der Waals surface area contributed by atoms with Crippen LogP contribution in [0.15, 0.2) is 24.3 Å². The molecule has 3 nitrogen and oxygen atoms in total. The quantitative estimate of drug-likeness (QED) is 0.787. The van der Waals surface area contributed by atoms with Crippen LogP contribution in [0.3, 0.4) is 0 Å². The Morgan fingerprint density at radius 1 is 1.18 bits per heavy atom. The minimum Gasteiger partial charge on any atom is -0.382 e. The Hall–Kier alpha value is -1.51. The van der Waals surface area contributed by atoms with Gasteiger partial charge in [-0.05, 0) is 31.0 Å². The van der Waals surface area contributed by atoms with Gasteiger partial charge in [0.25, 0.3) is 0 Å². The Morgan fingerprint density at radius 2 is 1.88 bits per heavy atom. The van der Waals surface area contributed by atoms with Crippen LogP contribution in [0, 0.1) is 0 Å². The van der Waals surface area contributed by atoms with E-state index in [0.717, 1.165) is 5.69 Å². The van der Waals surface area contributed by atoms with E-state index in [1.165, 1.54) is 38.5 Å². The lowest BCUT2D eigenvalue weighted by molar-refractivity contribution is 0.100. The van der Waals surface area contributed by atoms with Gasteiger partial charge in [-0.3, -0.25) is 4.79 Å². The molecule has 1 fully saturated rings. The zero-order valence-electron chi connectivity index (χ0n) is 10.1. The summed E-state index contributed by atoms with van der Waals surface area (Å²) in [5, 5.41) is 3.51. The van der Waals surface area contributed by atoms with Crippen LogP contribution in [0.1, 0.15) is 48.9 Å². The monoisotopic (exact) mass is 232 g/mol. The third-order valence-corrected chi connectivity index (χ3v) is 3.37. The van der Waals surface area contributed by atoms with Gasteiger partial charge in [-0.2, -0.15) is 0 Å². The highest BCUT2D eigenvalue weighted by molar-refractivity contribution is 5.93. The highest BCUT2D eigenvalue weighted by Crippen LogP contribution is 2.21. The van der Waals surface area contributed by atoms with Crippen LogP contribution in [-0.2, 0) is 0 Å². The number of carbonyl (C=O) groups is 1. The van der Waals surface area contributed by atoms with E-state index in [9.17, 15) is 4.79 Å². The Kier molecular flexibility index (Phi) is 4.02. The molecule has 1 amide bonds. The van der Waals surface area contributed by atoms with Gasteiger partial charge < -0.3 is 11.1 Å². The fourth-order valence-electron chi connectivity index (χ4n) is 2.42. The van der Waals surface area contributed by atoms with Gasteiger partial charge in [0.15, 0.2) is 0 Å². The smallest absolute Gasteiger partial charge is 0.248 e. The predicted molar refractivity (Wildman–Crippen MR) is 70.1 cm³/mol. The zero-order chi connectivity index (χ0) is 12.1. The summed E-state index contributed by atoms with van der Waals surface area (Å²) in [4.78, 5) is 11.1. The topological polar surface area (TPSA) is 55.1 Å². The third-order valence-electron chi connectivity index (χ3n) is 3.37. The van der Waals surface area contributed by atoms with Gasteiger partial charge in [0.1, 0.15) is 0 Å². The van der Waals surface area contributed by atoms with E-state index in [-0.39, 0.29) is 5.91 Å². The maximum Gasteiger partial charge on any atom is 0.248 e. The van der Waals surface area contributed by atoms with Gasteiger partial charge >= 0.3 is 0 Å². The number of hydrogen-bond acceptors (Lipinski definition) is 2. The lowest BCUT2D eigenvalue weighted by Gasteiger charge is -2.17. The molecule has 0 spiro atoms. The Balaban J connectivity index is 2.01. The first-order valence-corrected chi connectivity index (χ1v) is 6.42. The van der Waals surface area contributed by atoms with Crippen LogP contribution in [0.25, 0.3) is 0 Å². The van der Waals surface area contributed by atoms with Crippen LogP contribution in [0.4, 0.5) is 5.69 Å². The lowest BCUT2D eigenvalue weighted by atomic mass is 10.1. The first kappa shape index (κ1) is 12.0. The molecule has 92 valence electrons. The summed E-state index contributed by atoms with van der Waals surface area (Å²) in [6, 6.07) is 8.00. The molecule has 0 heterocycles. The molecular formula is C14H20N2O. The summed E-state index contributed by atoms with van der Waals surface area (Å²) in [6.07, 6.45) is 7.74. The van der Waals surface area contributed by atoms with Crippen molar-refractivity contribution < 1.29 is 4.79 Å². The molecule has 0 bridgehead atoms. The van der Waals surface area contributed by atoms with Crippen molar-refractivity contribution in [3.8, 4) is 0 Å². The van der Waals surface area contributed by atoms with Gasteiger partial charge in [0.05, 0.1) is 0 Å². The number of anilines is 1. The van der Waals surface area contributed by atoms with Crippen molar-refractivity contribution in [3.05, 3.63) is 29.8 Å². The molecule has 3 N–H and O–H groups in total. The molecule has 2 rings (SSSR count). The van der Waals surface area contributed by atoms with Crippen molar-refractivity contribution >= 4 is 11.6 Å². The molecule has 1 aromatic rings. The average molecular weight is 232 g/mol. The normalized spacial score (nSPS) is 17.4. The molecule has 0 unspecified atom stereocenters. The largest absolute Gasteiger partial charge is 0.382 e. The van der Waals surface area contributed by atoms with Crippen molar-refractivity contribution in [2.24, 2.45) is 5.73 Å². The maximum absolute atomic E-state index is 11.1. The van der Waals surface area contributed by atoms with E-state index >= 15 is 0 Å². The van der Waals surface area contributed by atoms with Crippen LogP contribution < -0.4 is 11.1 Å². The number of carbonyl (C=O) groups excluding carboxylic acids is 1. The fourth-order valence-corrected chi connectivity index (χ4v) is 2.42. The number of nitrogens with one attached hydrogen (secondary N) is 1. The first-order chi connectivity index (χ1) is 8.25. The summed E-state index contributed by atoms with van der Waals surface area (Å²) in [7, 11) is 0. The number of nitrogens with two attached hydrogens (primary N) is 1. The zero-order valence-corrected chi connectivity index (χ0v) is 10.1. The van der Waals surface area contributed by atoms with Crippen molar-refractivity contribution in [1.29, 1.82) is 0 Å². The number of primary amides is 1. The summed E-state index contributed by atoms with van der Waals surface area (Å²) in [5.41, 5.74) is 6.85. The Morgan fingerprint density at radius 3 is 2.53 bits per heavy atom. The molecule has 0 aromatic heterocycles. The molecule has 3 heteroatoms. The molecular weight excluding hydrogens is 212 g/mol. The highest BCUT2D eigenvalue weighted by atomic mass is 16.1. The van der Waals surface area contributed by atoms with E-state index < -0.39 is 0 Å². The van der Waals surface area contributed by atoms with E-state index in [0.29, 0.717) is 11.6 Å². The van der Waals surface area contributed by atoms with Crippen LogP contribution in [0.2, 0.25) is 0 Å². The number of amides is 1. The standard InChI is InChI=1S/C14H20N2O/c15-14(17)11-6-5-9-13(10-11)16-12-7-3-1-2-4-8-12/h5-6,9-10,12,16H,1-4,7-8H2,(H2,15,17). The minimum atomic E-state index is -0.366. The lowest BCUT2D eigenvalue weighted by Crippen LogP contribution is -2.19. The van der Waals surface area contributed by atoms with Crippen molar-refractivity contribution in [3.63, 3.8) is 0 Å². The molecule has 1 aromatic carbocycles. The second-order valence-electron chi connectivity index (χ2n) is 4.78. The molecule has 17 heavy (non-hydrogen) atoms. The number of benzene rings is 1. The van der Waals surface area contributed by atoms with Gasteiger partial charge in [-0.25, -0.2) is 0 Å². The predicted octanol–water partition coefficient (Wildman–Crippen LogP) is 2.92. The van der Waals surface area contributed by atoms with Crippen molar-refractivity contribution in [1.82, 2.24) is 0 Å². The van der Waals surface area contributed by atoms with Crippen LogP contribution in [0.5, 0.6) is 0 Å². The Labute approximate surface area is 102 Å². The van der Waals surface area contributed by atoms with E-state index in [2.05, 4.69) is 5.32 Å². The highest BCUT2D eigenvalue weighted by Gasteiger charge is 2.12. The van der Waals surface area contributed by atoms with Crippen molar-refractivity contribution in [2.75, 3.05) is 5.32 Å². The maximum atomic E-state index is 11.1. The second kappa shape index (κ2) is 5.71. The van der Waals surface area contributed by atoms with Crippen LogP contribution >= 0.6 is 0 Å². The van der Waals surface area contributed by atoms with Gasteiger partial charge in [-0.1, -0.05) is 31.7 Å². The summed E-state index contributed by atoms with van der Waals surface area (Å²) < 4.78 is 0. The number of rotatable bonds is 3. The average Bonchev–Trinajstić information content (AvgIpc) is 2.58. The van der Waals surface area contributed by atoms with Crippen LogP contribution in [-0.4, -0.2) is 11.9 Å². The third kappa shape index (κ3) is 3.48.